The third kappa shape index (κ3) is 3.05. The Morgan fingerprint density at radius 2 is 2.07 bits per heavy atom. The third-order valence-corrected chi connectivity index (χ3v) is 2.02. The van der Waals surface area contributed by atoms with Crippen LogP contribution in [0.2, 0.25) is 0 Å². The van der Waals surface area contributed by atoms with Gasteiger partial charge in [-0.3, -0.25) is 0 Å². The van der Waals surface area contributed by atoms with Gasteiger partial charge < -0.3 is 0 Å². The molecule has 0 aromatic heterocycles. The molecule has 0 heterocycles. The minimum absolute atomic E-state index is 0.547. The summed E-state index contributed by atoms with van der Waals surface area (Å²) in [5, 5.41) is 0. The summed E-state index contributed by atoms with van der Waals surface area (Å²) in [7, 11) is 0. The molecule has 0 radical (unpaired) electrons. The van der Waals surface area contributed by atoms with Crippen LogP contribution < -0.4 is 0 Å². The first kappa shape index (κ1) is 11.1. The predicted octanol–water partition coefficient (Wildman–Crippen LogP) is 4.16. The SMILES string of the molecule is CCCC1=CCC=CC(C(F)(F)F)=C1. The highest BCUT2D eigenvalue weighted by Gasteiger charge is 2.31. The topological polar surface area (TPSA) is 0 Å². The van der Waals surface area contributed by atoms with Crippen molar-refractivity contribution in [1.29, 1.82) is 0 Å². The molecular weight excluding hydrogens is 189 g/mol. The molecule has 1 aliphatic carbocycles. The second kappa shape index (κ2) is 4.49. The molecule has 0 aliphatic heterocycles. The van der Waals surface area contributed by atoms with Gasteiger partial charge in [0.25, 0.3) is 0 Å². The van der Waals surface area contributed by atoms with E-state index >= 15 is 0 Å². The predicted molar refractivity (Wildman–Crippen MR) is 50.9 cm³/mol. The molecule has 0 spiro atoms. The normalized spacial score (nSPS) is 17.4. The molecule has 0 fully saturated rings. The Balaban J connectivity index is 2.88. The van der Waals surface area contributed by atoms with Crippen LogP contribution in [0.5, 0.6) is 0 Å². The van der Waals surface area contributed by atoms with Crippen LogP contribution in [0, 0.1) is 0 Å². The number of hydrogen-bond acceptors (Lipinski definition) is 0. The monoisotopic (exact) mass is 202 g/mol. The Labute approximate surface area is 81.8 Å². The molecular formula is C11H13F3. The Morgan fingerprint density at radius 3 is 2.64 bits per heavy atom. The standard InChI is InChI=1S/C11H13F3/c1-2-5-9-6-3-4-7-10(8-9)11(12,13)14/h4,6-8H,2-3,5H2,1H3. The minimum Gasteiger partial charge on any atom is -0.166 e. The van der Waals surface area contributed by atoms with Crippen molar-refractivity contribution in [2.45, 2.75) is 32.4 Å². The van der Waals surface area contributed by atoms with E-state index in [1.54, 1.807) is 6.08 Å². The molecule has 14 heavy (non-hydrogen) atoms. The summed E-state index contributed by atoms with van der Waals surface area (Å²) in [5.74, 6) is 0. The van der Waals surface area contributed by atoms with E-state index in [1.807, 2.05) is 13.0 Å². The molecule has 1 aliphatic rings. The molecule has 3 heteroatoms. The lowest BCUT2D eigenvalue weighted by atomic mass is 10.1. The summed E-state index contributed by atoms with van der Waals surface area (Å²) in [6.07, 6.45) is 3.72. The van der Waals surface area contributed by atoms with Crippen LogP contribution >= 0.6 is 0 Å². The fourth-order valence-corrected chi connectivity index (χ4v) is 1.36. The van der Waals surface area contributed by atoms with Crippen molar-refractivity contribution in [3.63, 3.8) is 0 Å². The van der Waals surface area contributed by atoms with E-state index in [0.717, 1.165) is 18.1 Å². The average Bonchev–Trinajstić information content (AvgIpc) is 2.29. The van der Waals surface area contributed by atoms with Gasteiger partial charge in [-0.2, -0.15) is 13.2 Å². The molecule has 0 saturated heterocycles. The average molecular weight is 202 g/mol. The van der Waals surface area contributed by atoms with E-state index in [4.69, 9.17) is 0 Å². The summed E-state index contributed by atoms with van der Waals surface area (Å²) >= 11 is 0. The highest BCUT2D eigenvalue weighted by Crippen LogP contribution is 2.29. The van der Waals surface area contributed by atoms with Crippen molar-refractivity contribution < 1.29 is 13.2 Å². The van der Waals surface area contributed by atoms with E-state index < -0.39 is 11.7 Å². The summed E-state index contributed by atoms with van der Waals surface area (Å²) in [6.45, 7) is 1.96. The first-order valence-corrected chi connectivity index (χ1v) is 4.68. The zero-order valence-corrected chi connectivity index (χ0v) is 8.06. The van der Waals surface area contributed by atoms with E-state index in [-0.39, 0.29) is 0 Å². The van der Waals surface area contributed by atoms with Crippen molar-refractivity contribution >= 4 is 0 Å². The number of halogens is 3. The lowest BCUT2D eigenvalue weighted by Crippen LogP contribution is -2.09. The largest absolute Gasteiger partial charge is 0.416 e. The van der Waals surface area contributed by atoms with Crippen molar-refractivity contribution in [1.82, 2.24) is 0 Å². The van der Waals surface area contributed by atoms with Crippen LogP contribution in [-0.2, 0) is 0 Å². The number of alkyl halides is 3. The number of hydrogen-bond donors (Lipinski definition) is 0. The summed E-state index contributed by atoms with van der Waals surface area (Å²) in [5.41, 5.74) is 0.236. The molecule has 0 nitrogen and oxygen atoms in total. The van der Waals surface area contributed by atoms with E-state index in [0.29, 0.717) is 12.8 Å². The highest BCUT2D eigenvalue weighted by molar-refractivity contribution is 5.36. The second-order valence-electron chi connectivity index (χ2n) is 3.26. The van der Waals surface area contributed by atoms with Gasteiger partial charge in [0.2, 0.25) is 0 Å². The Morgan fingerprint density at radius 1 is 1.36 bits per heavy atom. The van der Waals surface area contributed by atoms with Gasteiger partial charge in [0.05, 0.1) is 5.57 Å². The molecule has 1 rings (SSSR count). The van der Waals surface area contributed by atoms with E-state index in [9.17, 15) is 13.2 Å². The molecule has 0 aromatic carbocycles. The van der Waals surface area contributed by atoms with Gasteiger partial charge in [-0.1, -0.05) is 37.1 Å². The highest BCUT2D eigenvalue weighted by atomic mass is 19.4. The van der Waals surface area contributed by atoms with Gasteiger partial charge in [-0.05, 0) is 18.9 Å². The van der Waals surface area contributed by atoms with Gasteiger partial charge in [0, 0.05) is 0 Å². The molecule has 0 amide bonds. The Hall–Kier alpha value is -0.990. The number of rotatable bonds is 2. The Kier molecular flexibility index (Phi) is 3.55. The smallest absolute Gasteiger partial charge is 0.166 e. The molecule has 0 aromatic rings. The fourth-order valence-electron chi connectivity index (χ4n) is 1.36. The van der Waals surface area contributed by atoms with Crippen molar-refractivity contribution in [2.24, 2.45) is 0 Å². The maximum absolute atomic E-state index is 12.4. The molecule has 0 unspecified atom stereocenters. The maximum atomic E-state index is 12.4. The van der Waals surface area contributed by atoms with E-state index in [1.165, 1.54) is 6.08 Å². The zero-order chi connectivity index (χ0) is 10.6. The molecule has 0 bridgehead atoms. The maximum Gasteiger partial charge on any atom is 0.416 e. The Bertz CT molecular complexity index is 279. The van der Waals surface area contributed by atoms with Crippen molar-refractivity contribution in [2.75, 3.05) is 0 Å². The lowest BCUT2D eigenvalue weighted by Gasteiger charge is -2.07. The van der Waals surface area contributed by atoms with Gasteiger partial charge in [-0.15, -0.1) is 0 Å². The van der Waals surface area contributed by atoms with Crippen LogP contribution in [0.15, 0.2) is 35.5 Å². The molecule has 0 N–H and O–H groups in total. The quantitative estimate of drug-likeness (QED) is 0.630. The van der Waals surface area contributed by atoms with Crippen LogP contribution in [0.4, 0.5) is 13.2 Å². The zero-order valence-electron chi connectivity index (χ0n) is 8.06. The number of allylic oxidation sites excluding steroid dienone is 6. The van der Waals surface area contributed by atoms with E-state index in [2.05, 4.69) is 0 Å². The molecule has 0 saturated carbocycles. The minimum atomic E-state index is -4.23. The van der Waals surface area contributed by atoms with Crippen LogP contribution in [0.1, 0.15) is 26.2 Å². The third-order valence-electron chi connectivity index (χ3n) is 2.02. The van der Waals surface area contributed by atoms with Crippen molar-refractivity contribution in [3.8, 4) is 0 Å². The van der Waals surface area contributed by atoms with Crippen LogP contribution in [-0.4, -0.2) is 6.18 Å². The molecule has 78 valence electrons. The summed E-state index contributed by atoms with van der Waals surface area (Å²) in [6, 6.07) is 0. The first-order chi connectivity index (χ1) is 6.54. The lowest BCUT2D eigenvalue weighted by molar-refractivity contribution is -0.0882. The summed E-state index contributed by atoms with van der Waals surface area (Å²) in [4.78, 5) is 0. The van der Waals surface area contributed by atoms with Gasteiger partial charge in [-0.25, -0.2) is 0 Å². The van der Waals surface area contributed by atoms with Gasteiger partial charge in [0.15, 0.2) is 0 Å². The van der Waals surface area contributed by atoms with Gasteiger partial charge >= 0.3 is 6.18 Å². The first-order valence-electron chi connectivity index (χ1n) is 4.68. The molecule has 0 atom stereocenters. The fraction of sp³-hybridized carbons (Fsp3) is 0.455. The van der Waals surface area contributed by atoms with Gasteiger partial charge in [0.1, 0.15) is 0 Å². The van der Waals surface area contributed by atoms with Crippen LogP contribution in [0.3, 0.4) is 0 Å². The van der Waals surface area contributed by atoms with Crippen LogP contribution in [0.25, 0.3) is 0 Å². The second-order valence-corrected chi connectivity index (χ2v) is 3.26. The summed E-state index contributed by atoms with van der Waals surface area (Å²) < 4.78 is 37.2. The van der Waals surface area contributed by atoms with Crippen molar-refractivity contribution in [3.05, 3.63) is 35.5 Å².